The molecule has 4 atom stereocenters. The van der Waals surface area contributed by atoms with Gasteiger partial charge in [-0.05, 0) is 19.0 Å². The molecule has 0 bridgehead atoms. The van der Waals surface area contributed by atoms with Crippen LogP contribution in [0.3, 0.4) is 0 Å². The van der Waals surface area contributed by atoms with Gasteiger partial charge in [0, 0.05) is 45.3 Å². The first kappa shape index (κ1) is 18.8. The number of hydroxylamine groups is 1. The summed E-state index contributed by atoms with van der Waals surface area (Å²) in [5, 5.41) is 8.79. The van der Waals surface area contributed by atoms with Crippen molar-refractivity contribution in [1.29, 1.82) is 0 Å². The second-order valence-corrected chi connectivity index (χ2v) is 7.83. The van der Waals surface area contributed by atoms with E-state index in [0.717, 1.165) is 39.3 Å². The molecule has 3 aliphatic rings. The molecule has 3 saturated heterocycles. The van der Waals surface area contributed by atoms with Crippen LogP contribution >= 0.6 is 0 Å². The molecule has 1 aromatic carbocycles. The fourth-order valence-corrected chi connectivity index (χ4v) is 3.99. The molecule has 8 nitrogen and oxygen atoms in total. The Hall–Kier alpha value is -1.55. The Bertz CT molecular complexity index is 622. The Morgan fingerprint density at radius 3 is 2.96 bits per heavy atom. The van der Waals surface area contributed by atoms with E-state index in [-0.39, 0.29) is 24.1 Å². The van der Waals surface area contributed by atoms with Gasteiger partial charge in [0.05, 0.1) is 12.1 Å². The van der Waals surface area contributed by atoms with Crippen LogP contribution in [0.25, 0.3) is 0 Å². The van der Waals surface area contributed by atoms with Crippen molar-refractivity contribution in [3.8, 4) is 0 Å². The minimum absolute atomic E-state index is 0.0267. The number of hydrazine groups is 1. The third-order valence-electron chi connectivity index (χ3n) is 5.60. The molecule has 3 aliphatic heterocycles. The highest BCUT2D eigenvalue weighted by atomic mass is 16.7. The molecule has 8 heteroatoms. The third kappa shape index (κ3) is 4.84. The topological polar surface area (TPSA) is 80.9 Å². The van der Waals surface area contributed by atoms with E-state index in [1.54, 1.807) is 0 Å². The molecule has 27 heavy (non-hydrogen) atoms. The fourth-order valence-electron chi connectivity index (χ4n) is 3.99. The van der Waals surface area contributed by atoms with Crippen LogP contribution in [0.5, 0.6) is 0 Å². The Morgan fingerprint density at radius 2 is 2.19 bits per heavy atom. The van der Waals surface area contributed by atoms with Crippen LogP contribution in [0, 0.1) is 0 Å². The van der Waals surface area contributed by atoms with Crippen molar-refractivity contribution in [2.75, 3.05) is 33.4 Å². The number of nitrogens with one attached hydrogen (secondary N) is 4. The molecule has 0 aliphatic carbocycles. The van der Waals surface area contributed by atoms with Gasteiger partial charge in [0.2, 0.25) is 5.91 Å². The molecule has 4 rings (SSSR count). The van der Waals surface area contributed by atoms with E-state index >= 15 is 0 Å². The molecule has 3 fully saturated rings. The predicted molar refractivity (Wildman–Crippen MR) is 102 cm³/mol. The van der Waals surface area contributed by atoms with Crippen molar-refractivity contribution in [3.63, 3.8) is 0 Å². The third-order valence-corrected chi connectivity index (χ3v) is 5.60. The largest absolute Gasteiger partial charge is 0.349 e. The van der Waals surface area contributed by atoms with E-state index in [4.69, 9.17) is 4.84 Å². The summed E-state index contributed by atoms with van der Waals surface area (Å²) >= 11 is 0. The van der Waals surface area contributed by atoms with E-state index in [2.05, 4.69) is 50.6 Å². The van der Waals surface area contributed by atoms with Gasteiger partial charge in [-0.15, -0.1) is 0 Å². The summed E-state index contributed by atoms with van der Waals surface area (Å²) in [4.78, 5) is 20.6. The van der Waals surface area contributed by atoms with E-state index in [9.17, 15) is 4.79 Å². The quantitative estimate of drug-likeness (QED) is 0.548. The number of amides is 1. The number of carbonyl (C=O) groups is 1. The Morgan fingerprint density at radius 1 is 1.33 bits per heavy atom. The molecule has 0 aromatic heterocycles. The zero-order valence-corrected chi connectivity index (χ0v) is 15.9. The normalized spacial score (nSPS) is 32.6. The molecule has 1 amide bonds. The molecular weight excluding hydrogens is 344 g/mol. The van der Waals surface area contributed by atoms with Crippen molar-refractivity contribution in [3.05, 3.63) is 35.9 Å². The van der Waals surface area contributed by atoms with Crippen molar-refractivity contribution < 1.29 is 9.63 Å². The molecular formula is C19H30N6O2. The van der Waals surface area contributed by atoms with Crippen molar-refractivity contribution in [2.24, 2.45) is 0 Å². The summed E-state index contributed by atoms with van der Waals surface area (Å²) in [5.41, 5.74) is 7.57. The van der Waals surface area contributed by atoms with Crippen LogP contribution < -0.4 is 21.5 Å². The van der Waals surface area contributed by atoms with Crippen LogP contribution in [0.2, 0.25) is 0 Å². The first-order valence-electron chi connectivity index (χ1n) is 9.83. The molecule has 0 spiro atoms. The van der Waals surface area contributed by atoms with Crippen LogP contribution in [0.1, 0.15) is 18.4 Å². The van der Waals surface area contributed by atoms with E-state index in [1.165, 1.54) is 5.56 Å². The maximum absolute atomic E-state index is 12.6. The molecule has 4 unspecified atom stereocenters. The van der Waals surface area contributed by atoms with E-state index < -0.39 is 0 Å². The van der Waals surface area contributed by atoms with Gasteiger partial charge in [-0.3, -0.25) is 25.3 Å². The van der Waals surface area contributed by atoms with Gasteiger partial charge in [-0.1, -0.05) is 30.3 Å². The second kappa shape index (κ2) is 8.64. The average Bonchev–Trinajstić information content (AvgIpc) is 3.33. The zero-order valence-electron chi connectivity index (χ0n) is 15.9. The van der Waals surface area contributed by atoms with Crippen LogP contribution in [-0.2, 0) is 16.2 Å². The lowest BCUT2D eigenvalue weighted by Gasteiger charge is -2.32. The van der Waals surface area contributed by atoms with E-state index in [0.29, 0.717) is 12.5 Å². The van der Waals surface area contributed by atoms with E-state index in [1.807, 2.05) is 18.2 Å². The SMILES string of the molecule is CN1CCC(C2CC(C(=O)NC3CNN(Cc4ccccc4)C3)NO2)NC1. The summed E-state index contributed by atoms with van der Waals surface area (Å²) in [7, 11) is 2.10. The number of benzene rings is 1. The highest BCUT2D eigenvalue weighted by Crippen LogP contribution is 2.19. The second-order valence-electron chi connectivity index (χ2n) is 7.83. The maximum Gasteiger partial charge on any atom is 0.239 e. The summed E-state index contributed by atoms with van der Waals surface area (Å²) in [6.45, 7) is 4.31. The molecule has 0 radical (unpaired) electrons. The highest BCUT2D eigenvalue weighted by Gasteiger charge is 2.37. The summed E-state index contributed by atoms with van der Waals surface area (Å²) in [6.07, 6.45) is 1.80. The van der Waals surface area contributed by atoms with Gasteiger partial charge in [0.15, 0.2) is 0 Å². The standard InChI is InChI=1S/C19H30N6O2/c1-24-8-7-16(20-13-24)18-9-17(23-27-18)19(26)22-15-10-21-25(12-15)11-14-5-3-2-4-6-14/h2-6,15-18,20-21,23H,7-13H2,1H3,(H,22,26). The van der Waals surface area contributed by atoms with Gasteiger partial charge < -0.3 is 5.32 Å². The van der Waals surface area contributed by atoms with Gasteiger partial charge in [0.25, 0.3) is 0 Å². The lowest BCUT2D eigenvalue weighted by Crippen LogP contribution is -2.51. The van der Waals surface area contributed by atoms with Crippen LogP contribution in [-0.4, -0.2) is 73.4 Å². The van der Waals surface area contributed by atoms with Gasteiger partial charge in [-0.25, -0.2) is 5.01 Å². The molecule has 3 heterocycles. The summed E-state index contributed by atoms with van der Waals surface area (Å²) in [6, 6.07) is 10.5. The number of hydrogen-bond acceptors (Lipinski definition) is 7. The Kier molecular flexibility index (Phi) is 6.01. The van der Waals surface area contributed by atoms with Crippen molar-refractivity contribution >= 4 is 5.91 Å². The Balaban J connectivity index is 1.21. The number of nitrogens with zero attached hydrogens (tertiary/aromatic N) is 2. The lowest BCUT2D eigenvalue weighted by atomic mass is 10.00. The monoisotopic (exact) mass is 374 g/mol. The molecule has 148 valence electrons. The number of rotatable bonds is 5. The molecule has 0 saturated carbocycles. The molecule has 1 aromatic rings. The number of hydrogen-bond donors (Lipinski definition) is 4. The van der Waals surface area contributed by atoms with Crippen LogP contribution in [0.15, 0.2) is 30.3 Å². The first-order valence-corrected chi connectivity index (χ1v) is 9.83. The predicted octanol–water partition coefficient (Wildman–Crippen LogP) is -0.595. The number of carbonyl (C=O) groups excluding carboxylic acids is 1. The summed E-state index contributed by atoms with van der Waals surface area (Å²) < 4.78 is 0. The average molecular weight is 374 g/mol. The molecule has 4 N–H and O–H groups in total. The van der Waals surface area contributed by atoms with Crippen molar-refractivity contribution in [1.82, 2.24) is 31.4 Å². The van der Waals surface area contributed by atoms with Crippen molar-refractivity contribution in [2.45, 2.75) is 43.6 Å². The Labute approximate surface area is 160 Å². The minimum atomic E-state index is -0.278. The maximum atomic E-state index is 12.6. The van der Waals surface area contributed by atoms with Gasteiger partial charge in [-0.2, -0.15) is 5.48 Å². The first-order chi connectivity index (χ1) is 13.2. The highest BCUT2D eigenvalue weighted by molar-refractivity contribution is 5.82. The zero-order chi connectivity index (χ0) is 18.6. The van der Waals surface area contributed by atoms with Gasteiger partial charge >= 0.3 is 0 Å². The summed E-state index contributed by atoms with van der Waals surface area (Å²) in [5.74, 6) is 0.0267. The van der Waals surface area contributed by atoms with Gasteiger partial charge in [0.1, 0.15) is 6.04 Å². The lowest BCUT2D eigenvalue weighted by molar-refractivity contribution is -0.125. The fraction of sp³-hybridized carbons (Fsp3) is 0.632. The minimum Gasteiger partial charge on any atom is -0.349 e. The van der Waals surface area contributed by atoms with Crippen LogP contribution in [0.4, 0.5) is 0 Å². The smallest absolute Gasteiger partial charge is 0.239 e.